The van der Waals surface area contributed by atoms with Gasteiger partial charge in [0.1, 0.15) is 0 Å². The van der Waals surface area contributed by atoms with E-state index in [1.165, 1.54) is 13.0 Å². The summed E-state index contributed by atoms with van der Waals surface area (Å²) in [7, 11) is 0. The second-order valence-electron chi connectivity index (χ2n) is 6.88. The van der Waals surface area contributed by atoms with Crippen molar-refractivity contribution < 1.29 is 23.9 Å². The first-order valence-corrected chi connectivity index (χ1v) is 9.63. The highest BCUT2D eigenvalue weighted by Gasteiger charge is 2.24. The smallest absolute Gasteiger partial charge is 0.409 e. The molecule has 0 aromatic heterocycles. The van der Waals surface area contributed by atoms with Crippen LogP contribution < -0.4 is 10.6 Å². The van der Waals surface area contributed by atoms with Gasteiger partial charge in [0.2, 0.25) is 11.8 Å². The lowest BCUT2D eigenvalue weighted by Gasteiger charge is -2.31. The zero-order chi connectivity index (χ0) is 21.4. The summed E-state index contributed by atoms with van der Waals surface area (Å²) in [6, 6.07) is 6.47. The number of hydrogen-bond acceptors (Lipinski definition) is 5. The molecule has 0 aliphatic carbocycles. The van der Waals surface area contributed by atoms with Crippen LogP contribution in [0, 0.1) is 0 Å². The number of likely N-dealkylation sites (tertiary alicyclic amines) is 1. The predicted octanol–water partition coefficient (Wildman–Crippen LogP) is 2.51. The minimum atomic E-state index is -0.426. The maximum Gasteiger partial charge on any atom is 0.409 e. The Morgan fingerprint density at radius 3 is 2.28 bits per heavy atom. The highest BCUT2D eigenvalue weighted by atomic mass is 16.6. The number of nitrogens with one attached hydrogen (secondary N) is 2. The molecule has 0 radical (unpaired) electrons. The van der Waals surface area contributed by atoms with E-state index >= 15 is 0 Å². The van der Waals surface area contributed by atoms with Gasteiger partial charge in [0.25, 0.3) is 0 Å². The summed E-state index contributed by atoms with van der Waals surface area (Å²) in [5.41, 5.74) is 1.38. The van der Waals surface area contributed by atoms with Crippen LogP contribution in [0.3, 0.4) is 0 Å². The number of amides is 3. The van der Waals surface area contributed by atoms with Crippen LogP contribution in [0.1, 0.15) is 44.0 Å². The molecule has 8 heteroatoms. The Labute approximate surface area is 170 Å². The van der Waals surface area contributed by atoms with Crippen molar-refractivity contribution in [2.24, 2.45) is 0 Å². The fourth-order valence-corrected chi connectivity index (χ4v) is 2.95. The summed E-state index contributed by atoms with van der Waals surface area (Å²) in [5.74, 6) is -0.796. The molecule has 3 amide bonds. The van der Waals surface area contributed by atoms with Crippen molar-refractivity contribution in [2.75, 3.05) is 25.0 Å². The van der Waals surface area contributed by atoms with Crippen LogP contribution in [0.15, 0.2) is 35.9 Å². The summed E-state index contributed by atoms with van der Waals surface area (Å²) in [6.45, 7) is 6.17. The zero-order valence-corrected chi connectivity index (χ0v) is 17.0. The van der Waals surface area contributed by atoms with E-state index in [0.29, 0.717) is 43.8 Å². The van der Waals surface area contributed by atoms with E-state index in [1.54, 1.807) is 43.0 Å². The van der Waals surface area contributed by atoms with Crippen LogP contribution in [-0.2, 0) is 14.3 Å². The fraction of sp³-hybridized carbons (Fsp3) is 0.429. The van der Waals surface area contributed by atoms with Gasteiger partial charge in [0, 0.05) is 42.0 Å². The van der Waals surface area contributed by atoms with E-state index in [1.807, 2.05) is 0 Å². The first-order chi connectivity index (χ1) is 13.8. The van der Waals surface area contributed by atoms with Crippen LogP contribution in [0.25, 0.3) is 0 Å². The summed E-state index contributed by atoms with van der Waals surface area (Å²) in [6.07, 6.45) is 2.17. The number of ether oxygens (including phenoxy) is 1. The zero-order valence-electron chi connectivity index (χ0n) is 17.0. The third kappa shape index (κ3) is 6.74. The van der Waals surface area contributed by atoms with Crippen molar-refractivity contribution in [3.8, 4) is 0 Å². The van der Waals surface area contributed by atoms with Gasteiger partial charge in [-0.05, 0) is 57.9 Å². The van der Waals surface area contributed by atoms with Gasteiger partial charge < -0.3 is 20.3 Å². The Balaban J connectivity index is 1.83. The van der Waals surface area contributed by atoms with Gasteiger partial charge in [0.05, 0.1) is 6.61 Å². The SMILES string of the molecule is CCOC(=O)N1CCC(NC(=O)/C(C)=C\C(=O)Nc2ccc(C(C)=O)cc2)CC1. The van der Waals surface area contributed by atoms with Crippen LogP contribution in [0.5, 0.6) is 0 Å². The van der Waals surface area contributed by atoms with Gasteiger partial charge in [-0.3, -0.25) is 14.4 Å². The molecule has 2 rings (SSSR count). The molecule has 1 heterocycles. The van der Waals surface area contributed by atoms with Crippen LogP contribution >= 0.6 is 0 Å². The van der Waals surface area contributed by atoms with E-state index in [4.69, 9.17) is 4.74 Å². The highest BCUT2D eigenvalue weighted by Crippen LogP contribution is 2.13. The third-order valence-corrected chi connectivity index (χ3v) is 4.62. The average Bonchev–Trinajstić information content (AvgIpc) is 2.69. The molecule has 8 nitrogen and oxygen atoms in total. The van der Waals surface area contributed by atoms with Gasteiger partial charge in [-0.15, -0.1) is 0 Å². The van der Waals surface area contributed by atoms with Crippen LogP contribution in [-0.4, -0.2) is 54.3 Å². The van der Waals surface area contributed by atoms with Crippen LogP contribution in [0.4, 0.5) is 10.5 Å². The largest absolute Gasteiger partial charge is 0.450 e. The van der Waals surface area contributed by atoms with Crippen molar-refractivity contribution in [3.63, 3.8) is 0 Å². The second kappa shape index (κ2) is 10.4. The van der Waals surface area contributed by atoms with Gasteiger partial charge >= 0.3 is 6.09 Å². The number of ketones is 1. The molecule has 0 atom stereocenters. The standard InChI is InChI=1S/C21H27N3O5/c1-4-29-21(28)24-11-9-18(10-12-24)23-20(27)14(2)13-19(26)22-17-7-5-16(6-8-17)15(3)25/h5-8,13,18H,4,9-12H2,1-3H3,(H,22,26)(H,23,27)/b14-13-. The predicted molar refractivity (Wildman–Crippen MR) is 109 cm³/mol. The van der Waals surface area contributed by atoms with Crippen molar-refractivity contribution >= 4 is 29.4 Å². The first kappa shape index (κ1) is 22.1. The Morgan fingerprint density at radius 1 is 1.10 bits per heavy atom. The topological polar surface area (TPSA) is 105 Å². The summed E-state index contributed by atoms with van der Waals surface area (Å²) in [4.78, 5) is 49.1. The van der Waals surface area contributed by atoms with Gasteiger partial charge in [-0.25, -0.2) is 4.79 Å². The Morgan fingerprint density at radius 2 is 1.72 bits per heavy atom. The Hall–Kier alpha value is -3.16. The first-order valence-electron chi connectivity index (χ1n) is 9.63. The minimum Gasteiger partial charge on any atom is -0.450 e. The number of carbonyl (C=O) groups excluding carboxylic acids is 4. The number of carbonyl (C=O) groups is 4. The van der Waals surface area contributed by atoms with E-state index < -0.39 is 5.91 Å². The summed E-state index contributed by atoms with van der Waals surface area (Å²) < 4.78 is 4.98. The summed E-state index contributed by atoms with van der Waals surface area (Å²) in [5, 5.41) is 5.56. The Kier molecular flexibility index (Phi) is 7.94. The molecule has 2 N–H and O–H groups in total. The average molecular weight is 401 g/mol. The molecule has 1 aromatic carbocycles. The number of rotatable bonds is 6. The number of benzene rings is 1. The minimum absolute atomic E-state index is 0.0524. The van der Waals surface area contributed by atoms with E-state index in [9.17, 15) is 19.2 Å². The highest BCUT2D eigenvalue weighted by molar-refractivity contribution is 6.06. The molecule has 1 saturated heterocycles. The molecular formula is C21H27N3O5. The number of hydrogen-bond donors (Lipinski definition) is 2. The van der Waals surface area contributed by atoms with Crippen LogP contribution in [0.2, 0.25) is 0 Å². The third-order valence-electron chi connectivity index (χ3n) is 4.62. The molecule has 0 bridgehead atoms. The maximum absolute atomic E-state index is 12.3. The van der Waals surface area contributed by atoms with Crippen molar-refractivity contribution in [1.82, 2.24) is 10.2 Å². The maximum atomic E-state index is 12.3. The summed E-state index contributed by atoms with van der Waals surface area (Å²) >= 11 is 0. The molecule has 0 spiro atoms. The molecule has 0 unspecified atom stereocenters. The van der Waals surface area contributed by atoms with E-state index in [-0.39, 0.29) is 29.4 Å². The fourth-order valence-electron chi connectivity index (χ4n) is 2.95. The van der Waals surface area contributed by atoms with Gasteiger partial charge in [-0.1, -0.05) is 0 Å². The molecule has 1 aromatic rings. The number of piperidine rings is 1. The normalized spacial score (nSPS) is 14.9. The molecule has 1 aliphatic rings. The molecular weight excluding hydrogens is 374 g/mol. The van der Waals surface area contributed by atoms with E-state index in [2.05, 4.69) is 10.6 Å². The van der Waals surface area contributed by atoms with Crippen molar-refractivity contribution in [3.05, 3.63) is 41.5 Å². The van der Waals surface area contributed by atoms with Gasteiger partial charge in [0.15, 0.2) is 5.78 Å². The van der Waals surface area contributed by atoms with Gasteiger partial charge in [-0.2, -0.15) is 0 Å². The molecule has 1 fully saturated rings. The molecule has 1 aliphatic heterocycles. The number of Topliss-reactive ketones (excluding diaryl/α,β-unsaturated/α-hetero) is 1. The molecule has 29 heavy (non-hydrogen) atoms. The monoisotopic (exact) mass is 401 g/mol. The lowest BCUT2D eigenvalue weighted by atomic mass is 10.0. The Bertz CT molecular complexity index is 793. The lowest BCUT2D eigenvalue weighted by Crippen LogP contribution is -2.46. The lowest BCUT2D eigenvalue weighted by molar-refractivity contribution is -0.119. The van der Waals surface area contributed by atoms with E-state index in [0.717, 1.165) is 0 Å². The number of nitrogens with zero attached hydrogens (tertiary/aromatic N) is 1. The quantitative estimate of drug-likeness (QED) is 0.563. The van der Waals surface area contributed by atoms with Crippen molar-refractivity contribution in [2.45, 2.75) is 39.7 Å². The van der Waals surface area contributed by atoms with Crippen molar-refractivity contribution in [1.29, 1.82) is 0 Å². The molecule has 0 saturated carbocycles. The second-order valence-corrected chi connectivity index (χ2v) is 6.88. The molecule has 156 valence electrons. The number of anilines is 1.